The Kier molecular flexibility index (Phi) is 4.60. The van der Waals surface area contributed by atoms with Crippen LogP contribution in [0.5, 0.6) is 0 Å². The molecule has 1 aliphatic heterocycles. The molecule has 0 saturated carbocycles. The summed E-state index contributed by atoms with van der Waals surface area (Å²) < 4.78 is 0. The van der Waals surface area contributed by atoms with Crippen LogP contribution in [0.15, 0.2) is 24.3 Å². The standard InChI is InChI=1S/C17H22N4O2/c1-13(22)20-9-4-10-21(12-11-20)17(23)8-7-16-18-14-5-2-3-6-15(14)19-16/h2-3,5-6H,4,7-12H2,1H3,(H,18,19). The van der Waals surface area contributed by atoms with Crippen LogP contribution in [0.1, 0.15) is 25.6 Å². The number of benzene rings is 1. The number of para-hydroxylation sites is 2. The van der Waals surface area contributed by atoms with E-state index in [1.807, 2.05) is 34.1 Å². The van der Waals surface area contributed by atoms with Crippen LogP contribution < -0.4 is 0 Å². The fourth-order valence-corrected chi connectivity index (χ4v) is 2.99. The smallest absolute Gasteiger partial charge is 0.223 e. The first kappa shape index (κ1) is 15.5. The molecule has 1 aromatic carbocycles. The van der Waals surface area contributed by atoms with E-state index in [1.165, 1.54) is 0 Å². The summed E-state index contributed by atoms with van der Waals surface area (Å²) in [4.78, 5) is 35.3. The van der Waals surface area contributed by atoms with E-state index >= 15 is 0 Å². The van der Waals surface area contributed by atoms with Gasteiger partial charge in [-0.2, -0.15) is 0 Å². The minimum atomic E-state index is 0.0848. The van der Waals surface area contributed by atoms with Gasteiger partial charge in [0.15, 0.2) is 0 Å². The van der Waals surface area contributed by atoms with Gasteiger partial charge in [-0.1, -0.05) is 12.1 Å². The third kappa shape index (κ3) is 3.70. The highest BCUT2D eigenvalue weighted by atomic mass is 16.2. The number of carbonyl (C=O) groups excluding carboxylic acids is 2. The summed E-state index contributed by atoms with van der Waals surface area (Å²) in [6.45, 7) is 4.30. The van der Waals surface area contributed by atoms with Gasteiger partial charge in [0.25, 0.3) is 0 Å². The summed E-state index contributed by atoms with van der Waals surface area (Å²) in [5, 5.41) is 0. The van der Waals surface area contributed by atoms with Gasteiger partial charge in [-0.05, 0) is 18.6 Å². The quantitative estimate of drug-likeness (QED) is 0.935. The molecular formula is C17H22N4O2. The molecule has 6 heteroatoms. The van der Waals surface area contributed by atoms with Crippen molar-refractivity contribution in [1.82, 2.24) is 19.8 Å². The largest absolute Gasteiger partial charge is 0.342 e. The normalized spacial score (nSPS) is 15.7. The number of imidazole rings is 1. The maximum Gasteiger partial charge on any atom is 0.223 e. The maximum atomic E-state index is 12.4. The second kappa shape index (κ2) is 6.81. The number of nitrogens with one attached hydrogen (secondary N) is 1. The predicted octanol–water partition coefficient (Wildman–Crippen LogP) is 1.58. The van der Waals surface area contributed by atoms with Crippen molar-refractivity contribution >= 4 is 22.8 Å². The van der Waals surface area contributed by atoms with E-state index in [9.17, 15) is 9.59 Å². The molecule has 1 aromatic heterocycles. The van der Waals surface area contributed by atoms with E-state index in [4.69, 9.17) is 0 Å². The second-order valence-corrected chi connectivity index (χ2v) is 5.94. The first-order valence-corrected chi connectivity index (χ1v) is 8.10. The van der Waals surface area contributed by atoms with Crippen LogP contribution in [0.4, 0.5) is 0 Å². The molecule has 1 fully saturated rings. The van der Waals surface area contributed by atoms with Crippen LogP contribution in [0.2, 0.25) is 0 Å². The number of carbonyl (C=O) groups is 2. The van der Waals surface area contributed by atoms with Crippen molar-refractivity contribution in [3.8, 4) is 0 Å². The molecule has 0 bridgehead atoms. The second-order valence-electron chi connectivity index (χ2n) is 5.94. The lowest BCUT2D eigenvalue weighted by atomic mass is 10.2. The number of hydrogen-bond donors (Lipinski definition) is 1. The van der Waals surface area contributed by atoms with Crippen LogP contribution in [0, 0.1) is 0 Å². The fraction of sp³-hybridized carbons (Fsp3) is 0.471. The molecule has 0 unspecified atom stereocenters. The van der Waals surface area contributed by atoms with Gasteiger partial charge in [0.05, 0.1) is 11.0 Å². The first-order valence-electron chi connectivity index (χ1n) is 8.10. The van der Waals surface area contributed by atoms with E-state index in [0.29, 0.717) is 25.9 Å². The fourth-order valence-electron chi connectivity index (χ4n) is 2.99. The summed E-state index contributed by atoms with van der Waals surface area (Å²) in [5.74, 6) is 1.07. The third-order valence-electron chi connectivity index (χ3n) is 4.31. The molecule has 2 aromatic rings. The van der Waals surface area contributed by atoms with Gasteiger partial charge in [-0.25, -0.2) is 4.98 Å². The Morgan fingerprint density at radius 2 is 1.87 bits per heavy atom. The number of fused-ring (bicyclic) bond motifs is 1. The van der Waals surface area contributed by atoms with Crippen molar-refractivity contribution in [3.05, 3.63) is 30.1 Å². The van der Waals surface area contributed by atoms with E-state index in [-0.39, 0.29) is 11.8 Å². The van der Waals surface area contributed by atoms with Gasteiger partial charge in [0.2, 0.25) is 11.8 Å². The Hall–Kier alpha value is -2.37. The number of hydrogen-bond acceptors (Lipinski definition) is 3. The minimum absolute atomic E-state index is 0.0848. The van der Waals surface area contributed by atoms with Gasteiger partial charge < -0.3 is 14.8 Å². The van der Waals surface area contributed by atoms with Crippen LogP contribution in [-0.2, 0) is 16.0 Å². The predicted molar refractivity (Wildman–Crippen MR) is 87.9 cm³/mol. The van der Waals surface area contributed by atoms with E-state index in [0.717, 1.165) is 36.4 Å². The van der Waals surface area contributed by atoms with Gasteiger partial charge in [-0.15, -0.1) is 0 Å². The third-order valence-corrected chi connectivity index (χ3v) is 4.31. The number of nitrogens with zero attached hydrogens (tertiary/aromatic N) is 3. The molecule has 3 rings (SSSR count). The zero-order valence-corrected chi connectivity index (χ0v) is 13.4. The maximum absolute atomic E-state index is 12.4. The Bertz CT molecular complexity index is 676. The molecule has 122 valence electrons. The van der Waals surface area contributed by atoms with Gasteiger partial charge >= 0.3 is 0 Å². The molecule has 0 radical (unpaired) electrons. The highest BCUT2D eigenvalue weighted by molar-refractivity contribution is 5.78. The molecule has 2 amide bonds. The summed E-state index contributed by atoms with van der Waals surface area (Å²) in [6, 6.07) is 7.87. The molecule has 23 heavy (non-hydrogen) atoms. The molecular weight excluding hydrogens is 292 g/mol. The van der Waals surface area contributed by atoms with Crippen molar-refractivity contribution < 1.29 is 9.59 Å². The Morgan fingerprint density at radius 3 is 2.65 bits per heavy atom. The van der Waals surface area contributed by atoms with Crippen molar-refractivity contribution in [2.75, 3.05) is 26.2 Å². The zero-order chi connectivity index (χ0) is 16.2. The van der Waals surface area contributed by atoms with Gasteiger partial charge in [-0.3, -0.25) is 9.59 Å². The topological polar surface area (TPSA) is 69.3 Å². The lowest BCUT2D eigenvalue weighted by Gasteiger charge is -2.21. The first-order chi connectivity index (χ1) is 11.1. The average Bonchev–Trinajstić information content (AvgIpc) is 2.79. The summed E-state index contributed by atoms with van der Waals surface area (Å²) in [5.41, 5.74) is 1.93. The minimum Gasteiger partial charge on any atom is -0.342 e. The van der Waals surface area contributed by atoms with Crippen LogP contribution in [-0.4, -0.2) is 57.8 Å². The summed E-state index contributed by atoms with van der Waals surface area (Å²) in [6.07, 6.45) is 1.90. The van der Waals surface area contributed by atoms with E-state index < -0.39 is 0 Å². The molecule has 0 atom stereocenters. The zero-order valence-electron chi connectivity index (χ0n) is 13.4. The SMILES string of the molecule is CC(=O)N1CCCN(C(=O)CCc2nc3ccccc3[nH]2)CC1. The van der Waals surface area contributed by atoms with Crippen LogP contribution in [0.25, 0.3) is 11.0 Å². The highest BCUT2D eigenvalue weighted by Gasteiger charge is 2.20. The Morgan fingerprint density at radius 1 is 1.13 bits per heavy atom. The van der Waals surface area contributed by atoms with E-state index in [1.54, 1.807) is 6.92 Å². The summed E-state index contributed by atoms with van der Waals surface area (Å²) >= 11 is 0. The van der Waals surface area contributed by atoms with Crippen molar-refractivity contribution in [1.29, 1.82) is 0 Å². The van der Waals surface area contributed by atoms with E-state index in [2.05, 4.69) is 9.97 Å². The Labute approximate surface area is 135 Å². The summed E-state index contributed by atoms with van der Waals surface area (Å²) in [7, 11) is 0. The lowest BCUT2D eigenvalue weighted by Crippen LogP contribution is -2.36. The molecule has 0 aliphatic carbocycles. The number of rotatable bonds is 3. The lowest BCUT2D eigenvalue weighted by molar-refractivity contribution is -0.132. The number of H-pyrrole nitrogens is 1. The van der Waals surface area contributed by atoms with Gasteiger partial charge in [0, 0.05) is 45.9 Å². The Balaban J connectivity index is 1.55. The molecule has 1 saturated heterocycles. The van der Waals surface area contributed by atoms with Crippen molar-refractivity contribution in [2.24, 2.45) is 0 Å². The molecule has 0 spiro atoms. The molecule has 2 heterocycles. The monoisotopic (exact) mass is 314 g/mol. The average molecular weight is 314 g/mol. The number of aromatic amines is 1. The number of aryl methyl sites for hydroxylation is 1. The molecule has 1 aliphatic rings. The van der Waals surface area contributed by atoms with Crippen molar-refractivity contribution in [2.45, 2.75) is 26.2 Å². The molecule has 6 nitrogen and oxygen atoms in total. The van der Waals surface area contributed by atoms with Crippen molar-refractivity contribution in [3.63, 3.8) is 0 Å². The van der Waals surface area contributed by atoms with Crippen LogP contribution in [0.3, 0.4) is 0 Å². The molecule has 1 N–H and O–H groups in total. The highest BCUT2D eigenvalue weighted by Crippen LogP contribution is 2.12. The van der Waals surface area contributed by atoms with Crippen LogP contribution >= 0.6 is 0 Å². The van der Waals surface area contributed by atoms with Gasteiger partial charge in [0.1, 0.15) is 5.82 Å². The number of amides is 2. The number of aromatic nitrogens is 2.